The maximum Gasteiger partial charge on any atom is 0.176 e. The topological polar surface area (TPSA) is 77.9 Å². The van der Waals surface area contributed by atoms with Gasteiger partial charge in [-0.1, -0.05) is 13.0 Å². The molecule has 4 rings (SSSR count). The van der Waals surface area contributed by atoms with Crippen molar-refractivity contribution >= 4 is 23.2 Å². The fraction of sp³-hybridized carbons (Fsp3) is 0.552. The number of H-pyrrole nitrogens is 1. The summed E-state index contributed by atoms with van der Waals surface area (Å²) in [5.41, 5.74) is 5.74. The van der Waals surface area contributed by atoms with Crippen molar-refractivity contribution in [2.24, 2.45) is 15.9 Å². The van der Waals surface area contributed by atoms with E-state index in [2.05, 4.69) is 80.3 Å². The number of amidine groups is 2. The number of aromatic amines is 1. The fourth-order valence-corrected chi connectivity index (χ4v) is 5.09. The largest absolute Gasteiger partial charge is 0.489 e. The van der Waals surface area contributed by atoms with Crippen LogP contribution >= 0.6 is 0 Å². The van der Waals surface area contributed by atoms with E-state index in [0.29, 0.717) is 23.5 Å². The van der Waals surface area contributed by atoms with Crippen molar-refractivity contribution in [2.75, 3.05) is 25.5 Å². The summed E-state index contributed by atoms with van der Waals surface area (Å²) in [4.78, 5) is 12.2. The van der Waals surface area contributed by atoms with Crippen LogP contribution in [0, 0.1) is 19.8 Å². The number of piperidine rings is 1. The molecule has 0 bridgehead atoms. The van der Waals surface area contributed by atoms with E-state index in [0.717, 1.165) is 54.5 Å². The lowest BCUT2D eigenvalue weighted by molar-refractivity contribution is 0.241. The van der Waals surface area contributed by atoms with Gasteiger partial charge in [-0.3, -0.25) is 5.10 Å². The van der Waals surface area contributed by atoms with Crippen molar-refractivity contribution in [1.82, 2.24) is 15.1 Å². The zero-order valence-corrected chi connectivity index (χ0v) is 23.0. The van der Waals surface area contributed by atoms with Gasteiger partial charge in [-0.25, -0.2) is 9.98 Å². The number of nitrogens with zero attached hydrogens (tertiary/aromatic N) is 4. The molecule has 1 unspecified atom stereocenters. The van der Waals surface area contributed by atoms with Gasteiger partial charge in [0, 0.05) is 18.2 Å². The maximum absolute atomic E-state index is 6.34. The van der Waals surface area contributed by atoms with Gasteiger partial charge in [-0.15, -0.1) is 0 Å². The summed E-state index contributed by atoms with van der Waals surface area (Å²) in [6.45, 7) is 15.0. The van der Waals surface area contributed by atoms with E-state index >= 15 is 0 Å². The minimum absolute atomic E-state index is 0.0852. The van der Waals surface area contributed by atoms with Crippen LogP contribution in [0.5, 0.6) is 5.75 Å². The highest BCUT2D eigenvalue weighted by Crippen LogP contribution is 2.37. The Morgan fingerprint density at radius 3 is 2.56 bits per heavy atom. The Kier molecular flexibility index (Phi) is 8.29. The van der Waals surface area contributed by atoms with Crippen LogP contribution in [0.15, 0.2) is 39.8 Å². The number of rotatable bonds is 6. The molecule has 0 spiro atoms. The van der Waals surface area contributed by atoms with E-state index in [9.17, 15) is 0 Å². The molecular formula is C29H42N6O. The van der Waals surface area contributed by atoms with Crippen molar-refractivity contribution < 1.29 is 4.74 Å². The van der Waals surface area contributed by atoms with E-state index in [1.165, 1.54) is 24.0 Å². The second kappa shape index (κ2) is 11.4. The van der Waals surface area contributed by atoms with Crippen molar-refractivity contribution in [1.29, 1.82) is 0 Å². The molecule has 2 N–H and O–H groups in total. The van der Waals surface area contributed by atoms with Gasteiger partial charge in [0.2, 0.25) is 0 Å². The third-order valence-electron chi connectivity index (χ3n) is 7.14. The summed E-state index contributed by atoms with van der Waals surface area (Å²) in [6.07, 6.45) is 6.61. The standard InChI is InChI=1S/C29H42N6O/c1-8-22-13-20(5)29(32-28-15-21(6)33-34-28)31-27(16-22)30-25-14-19(4)24(17-26(25)36-18(2)3)23-9-11-35(7)12-10-23/h13-15,17-18,22-23H,8-12,16H2,1-7H3,(H2,30,31,32,33,34). The summed E-state index contributed by atoms with van der Waals surface area (Å²) in [5, 5.41) is 10.9. The van der Waals surface area contributed by atoms with Crippen LogP contribution in [0.25, 0.3) is 0 Å². The Balaban J connectivity index is 1.68. The molecule has 1 saturated heterocycles. The van der Waals surface area contributed by atoms with Crippen LogP contribution in [0.1, 0.15) is 76.1 Å². The molecule has 7 nitrogen and oxygen atoms in total. The molecule has 0 amide bonds. The van der Waals surface area contributed by atoms with E-state index in [-0.39, 0.29) is 6.10 Å². The van der Waals surface area contributed by atoms with Gasteiger partial charge in [-0.05, 0) is 115 Å². The summed E-state index contributed by atoms with van der Waals surface area (Å²) in [7, 11) is 2.21. The molecule has 2 aliphatic rings. The lowest BCUT2D eigenvalue weighted by atomic mass is 9.86. The molecule has 194 valence electrons. The second-order valence-electron chi connectivity index (χ2n) is 10.7. The lowest BCUT2D eigenvalue weighted by Gasteiger charge is -2.31. The molecule has 7 heteroatoms. The molecular weight excluding hydrogens is 448 g/mol. The van der Waals surface area contributed by atoms with Crippen molar-refractivity contribution in [3.63, 3.8) is 0 Å². The fourth-order valence-electron chi connectivity index (χ4n) is 5.09. The number of hydrogen-bond acceptors (Lipinski definition) is 5. The van der Waals surface area contributed by atoms with Gasteiger partial charge >= 0.3 is 0 Å². The predicted molar refractivity (Wildman–Crippen MR) is 150 cm³/mol. The normalized spacial score (nSPS) is 20.9. The predicted octanol–water partition coefficient (Wildman–Crippen LogP) is 6.54. The van der Waals surface area contributed by atoms with E-state index < -0.39 is 0 Å². The molecule has 36 heavy (non-hydrogen) atoms. The molecule has 1 fully saturated rings. The molecule has 2 aliphatic heterocycles. The van der Waals surface area contributed by atoms with Gasteiger partial charge < -0.3 is 15.0 Å². The van der Waals surface area contributed by atoms with Gasteiger partial charge in [0.1, 0.15) is 11.6 Å². The number of hydrogen-bond donors (Lipinski definition) is 2. The number of anilines is 1. The Morgan fingerprint density at radius 2 is 1.92 bits per heavy atom. The SMILES string of the molecule is CCC1C=C(C)C(=Nc2cc(C)[nH]n2)N=C(Nc2cc(C)c(C3CCN(C)CC3)cc2OC(C)C)C1. The van der Waals surface area contributed by atoms with Crippen LogP contribution < -0.4 is 10.1 Å². The zero-order chi connectivity index (χ0) is 25.8. The summed E-state index contributed by atoms with van der Waals surface area (Å²) < 4.78 is 6.34. The first-order valence-electron chi connectivity index (χ1n) is 13.4. The van der Waals surface area contributed by atoms with E-state index in [4.69, 9.17) is 14.7 Å². The van der Waals surface area contributed by atoms with Crippen LogP contribution in [0.2, 0.25) is 0 Å². The van der Waals surface area contributed by atoms with Crippen LogP contribution in [0.4, 0.5) is 11.5 Å². The Hall–Kier alpha value is -2.93. The first kappa shape index (κ1) is 26.1. The quantitative estimate of drug-likeness (QED) is 0.482. The first-order chi connectivity index (χ1) is 17.2. The molecule has 3 heterocycles. The minimum Gasteiger partial charge on any atom is -0.489 e. The van der Waals surface area contributed by atoms with Crippen LogP contribution in [-0.4, -0.2) is 53.0 Å². The lowest BCUT2D eigenvalue weighted by Crippen LogP contribution is -2.29. The number of nitrogens with one attached hydrogen (secondary N) is 2. The number of ether oxygens (including phenoxy) is 1. The third-order valence-corrected chi connectivity index (χ3v) is 7.14. The monoisotopic (exact) mass is 490 g/mol. The highest BCUT2D eigenvalue weighted by atomic mass is 16.5. The number of benzene rings is 1. The summed E-state index contributed by atoms with van der Waals surface area (Å²) in [5.74, 6) is 4.12. The molecule has 0 radical (unpaired) electrons. The Bertz CT molecular complexity index is 1150. The molecule has 1 atom stereocenters. The van der Waals surface area contributed by atoms with E-state index in [1.54, 1.807) is 0 Å². The first-order valence-corrected chi connectivity index (χ1v) is 13.4. The zero-order valence-electron chi connectivity index (χ0n) is 23.0. The third kappa shape index (κ3) is 6.44. The van der Waals surface area contributed by atoms with Crippen LogP contribution in [-0.2, 0) is 0 Å². The van der Waals surface area contributed by atoms with Gasteiger partial charge in [0.15, 0.2) is 11.7 Å². The summed E-state index contributed by atoms with van der Waals surface area (Å²) in [6, 6.07) is 6.45. The number of likely N-dealkylation sites (tertiary alicyclic amines) is 1. The number of aryl methyl sites for hydroxylation is 2. The van der Waals surface area contributed by atoms with Crippen LogP contribution in [0.3, 0.4) is 0 Å². The maximum atomic E-state index is 6.34. The molecule has 1 aromatic heterocycles. The van der Waals surface area contributed by atoms with Crippen molar-refractivity contribution in [3.05, 3.63) is 46.7 Å². The highest BCUT2D eigenvalue weighted by Gasteiger charge is 2.23. The van der Waals surface area contributed by atoms with Gasteiger partial charge in [0.05, 0.1) is 11.8 Å². The average molecular weight is 491 g/mol. The molecule has 2 aromatic rings. The molecule has 1 aromatic carbocycles. The highest BCUT2D eigenvalue weighted by molar-refractivity contribution is 6.11. The smallest absolute Gasteiger partial charge is 0.176 e. The Morgan fingerprint density at radius 1 is 1.17 bits per heavy atom. The summed E-state index contributed by atoms with van der Waals surface area (Å²) >= 11 is 0. The number of allylic oxidation sites excluding steroid dienone is 1. The Labute approximate surface area is 216 Å². The van der Waals surface area contributed by atoms with E-state index in [1.807, 2.05) is 13.0 Å². The number of aromatic nitrogens is 2. The number of aliphatic imine (C=N–C) groups is 2. The molecule has 0 aliphatic carbocycles. The van der Waals surface area contributed by atoms with Crippen molar-refractivity contribution in [3.8, 4) is 5.75 Å². The van der Waals surface area contributed by atoms with Gasteiger partial charge in [-0.2, -0.15) is 5.10 Å². The minimum atomic E-state index is 0.0852. The molecule has 0 saturated carbocycles. The second-order valence-corrected chi connectivity index (χ2v) is 10.7. The van der Waals surface area contributed by atoms with Crippen molar-refractivity contribution in [2.45, 2.75) is 79.2 Å². The average Bonchev–Trinajstić information content (AvgIpc) is 3.17. The van der Waals surface area contributed by atoms with Gasteiger partial charge in [0.25, 0.3) is 0 Å².